The van der Waals surface area contributed by atoms with Gasteiger partial charge in [0.25, 0.3) is 0 Å². The third-order valence-electron chi connectivity index (χ3n) is 10.5. The Balaban J connectivity index is 1.15. The summed E-state index contributed by atoms with van der Waals surface area (Å²) in [4.78, 5) is 56.5. The van der Waals surface area contributed by atoms with Gasteiger partial charge in [-0.3, -0.25) is 14.4 Å². The Bertz CT molecular complexity index is 1150. The fourth-order valence-corrected chi connectivity index (χ4v) is 8.36. The highest BCUT2D eigenvalue weighted by Gasteiger charge is 2.60. The van der Waals surface area contributed by atoms with Crippen LogP contribution >= 0.6 is 0 Å². The molecule has 1 amide bonds. The van der Waals surface area contributed by atoms with Crippen molar-refractivity contribution in [2.24, 2.45) is 28.6 Å². The van der Waals surface area contributed by atoms with E-state index in [9.17, 15) is 19.2 Å². The summed E-state index contributed by atoms with van der Waals surface area (Å²) in [7, 11) is 1.27. The highest BCUT2D eigenvalue weighted by Crippen LogP contribution is 2.65. The molecule has 3 fully saturated rings. The number of nitrogens with one attached hydrogen (secondary N) is 2. The van der Waals surface area contributed by atoms with Crippen molar-refractivity contribution in [2.45, 2.75) is 96.6 Å². The van der Waals surface area contributed by atoms with Crippen LogP contribution < -0.4 is 5.32 Å². The Hall–Kier alpha value is -2.97. The molecule has 9 heteroatoms. The molecule has 2 N–H and O–H groups in total. The maximum Gasteiger partial charge on any atom is 0.328 e. The first-order valence-electron chi connectivity index (χ1n) is 14.4. The van der Waals surface area contributed by atoms with Gasteiger partial charge in [-0.1, -0.05) is 19.4 Å². The van der Waals surface area contributed by atoms with Gasteiger partial charge in [-0.2, -0.15) is 0 Å². The van der Waals surface area contributed by atoms with Gasteiger partial charge in [-0.25, -0.2) is 9.78 Å². The average molecular weight is 540 g/mol. The summed E-state index contributed by atoms with van der Waals surface area (Å²) in [5, 5.41) is 2.67. The fourth-order valence-electron chi connectivity index (χ4n) is 8.36. The summed E-state index contributed by atoms with van der Waals surface area (Å²) in [5.74, 6) is 0.653. The molecule has 1 aromatic rings. The summed E-state index contributed by atoms with van der Waals surface area (Å²) >= 11 is 0. The number of allylic oxidation sites excluding steroid dienone is 1. The Morgan fingerprint density at radius 1 is 1.10 bits per heavy atom. The third kappa shape index (κ3) is 5.29. The molecule has 0 spiro atoms. The number of aromatic nitrogens is 2. The van der Waals surface area contributed by atoms with Crippen LogP contribution in [0.3, 0.4) is 0 Å². The van der Waals surface area contributed by atoms with Gasteiger partial charge in [0.05, 0.1) is 19.9 Å². The Morgan fingerprint density at radius 2 is 1.92 bits per heavy atom. The first-order chi connectivity index (χ1) is 18.6. The summed E-state index contributed by atoms with van der Waals surface area (Å²) in [6.45, 7) is 4.67. The predicted molar refractivity (Wildman–Crippen MR) is 142 cm³/mol. The SMILES string of the molecule is COC(=O)[C@@H](Cc1cnc[nH]1)NC(=O)CCC(=O)O[C@H]1CC[C@H]2[C@@H]3CCC4=CC(=O)CC[C@]4(C)[C@H]3CC[C@]12C. The van der Waals surface area contributed by atoms with Crippen LogP contribution in [0.4, 0.5) is 0 Å². The van der Waals surface area contributed by atoms with Gasteiger partial charge in [0.1, 0.15) is 12.1 Å². The molecule has 1 aromatic heterocycles. The lowest BCUT2D eigenvalue weighted by Crippen LogP contribution is -2.51. The quantitative estimate of drug-likeness (QED) is 0.481. The van der Waals surface area contributed by atoms with Gasteiger partial charge in [0.2, 0.25) is 5.91 Å². The number of carbonyl (C=O) groups excluding carboxylic acids is 4. The van der Waals surface area contributed by atoms with Crippen LogP contribution in [0.15, 0.2) is 24.2 Å². The Labute approximate surface area is 229 Å². The Morgan fingerprint density at radius 3 is 2.67 bits per heavy atom. The molecule has 0 aliphatic heterocycles. The van der Waals surface area contributed by atoms with Crippen molar-refractivity contribution in [3.8, 4) is 0 Å². The number of aromatic amines is 1. The van der Waals surface area contributed by atoms with E-state index in [0.717, 1.165) is 44.9 Å². The molecule has 0 bridgehead atoms. The van der Waals surface area contributed by atoms with Crippen molar-refractivity contribution in [2.75, 3.05) is 7.11 Å². The fraction of sp³-hybridized carbons (Fsp3) is 0.700. The van der Waals surface area contributed by atoms with E-state index >= 15 is 0 Å². The van der Waals surface area contributed by atoms with Crippen LogP contribution in [-0.4, -0.2) is 52.9 Å². The molecule has 3 saturated carbocycles. The normalized spacial score (nSPS) is 34.1. The van der Waals surface area contributed by atoms with Gasteiger partial charge in [-0.15, -0.1) is 0 Å². The highest BCUT2D eigenvalue weighted by molar-refractivity contribution is 5.91. The van der Waals surface area contributed by atoms with Crippen molar-refractivity contribution in [1.29, 1.82) is 0 Å². The summed E-state index contributed by atoms with van der Waals surface area (Å²) in [5.41, 5.74) is 2.13. The first kappa shape index (κ1) is 27.6. The number of hydrogen-bond acceptors (Lipinski definition) is 7. The minimum atomic E-state index is -0.862. The molecule has 1 heterocycles. The number of methoxy groups -OCH3 is 1. The second kappa shape index (κ2) is 10.9. The second-order valence-electron chi connectivity index (χ2n) is 12.5. The molecule has 212 valence electrons. The van der Waals surface area contributed by atoms with E-state index < -0.39 is 17.9 Å². The molecule has 0 aromatic carbocycles. The van der Waals surface area contributed by atoms with E-state index in [1.807, 2.05) is 6.08 Å². The zero-order valence-corrected chi connectivity index (χ0v) is 23.3. The van der Waals surface area contributed by atoms with Crippen LogP contribution in [0.2, 0.25) is 0 Å². The lowest BCUT2D eigenvalue weighted by atomic mass is 9.47. The smallest absolute Gasteiger partial charge is 0.328 e. The number of hydrogen-bond donors (Lipinski definition) is 2. The minimum absolute atomic E-state index is 0.0344. The topological polar surface area (TPSA) is 127 Å². The van der Waals surface area contributed by atoms with E-state index in [1.54, 1.807) is 6.20 Å². The van der Waals surface area contributed by atoms with Gasteiger partial charge in [0, 0.05) is 36.6 Å². The number of ketones is 1. The van der Waals surface area contributed by atoms with Gasteiger partial charge < -0.3 is 19.8 Å². The monoisotopic (exact) mass is 539 g/mol. The molecular weight excluding hydrogens is 498 g/mol. The molecule has 5 rings (SSSR count). The van der Waals surface area contributed by atoms with E-state index in [2.05, 4.69) is 29.1 Å². The van der Waals surface area contributed by atoms with Gasteiger partial charge in [-0.05, 0) is 74.2 Å². The second-order valence-corrected chi connectivity index (χ2v) is 12.5. The summed E-state index contributed by atoms with van der Waals surface area (Å²) in [6.07, 6.45) is 12.8. The van der Waals surface area contributed by atoms with Crippen LogP contribution in [0, 0.1) is 28.6 Å². The van der Waals surface area contributed by atoms with Crippen molar-refractivity contribution < 1.29 is 28.7 Å². The number of fused-ring (bicyclic) bond motifs is 5. The van der Waals surface area contributed by atoms with Crippen LogP contribution in [0.1, 0.15) is 83.7 Å². The molecular formula is C30H41N3O6. The van der Waals surface area contributed by atoms with E-state index in [0.29, 0.717) is 29.9 Å². The number of amides is 1. The number of rotatable bonds is 8. The number of carbonyl (C=O) groups is 4. The molecule has 7 atom stereocenters. The molecule has 4 aliphatic carbocycles. The van der Waals surface area contributed by atoms with Crippen LogP contribution in [0.25, 0.3) is 0 Å². The maximum atomic E-state index is 12.9. The third-order valence-corrected chi connectivity index (χ3v) is 10.5. The minimum Gasteiger partial charge on any atom is -0.467 e. The number of ether oxygens (including phenoxy) is 2. The largest absolute Gasteiger partial charge is 0.467 e. The standard InChI is InChI=1S/C30H41N3O6/c1-29-12-10-20(34)14-18(29)4-5-21-22-6-7-25(30(22,2)13-11-23(21)29)39-27(36)9-8-26(35)33-24(28(37)38-3)15-19-16-31-17-32-19/h14,16-17,21-25H,4-13,15H2,1-3H3,(H,31,32)(H,33,35)/t21-,22-,23-,24+,25-,29-,30-/m0/s1. The molecule has 0 radical (unpaired) electrons. The number of nitrogens with zero attached hydrogens (tertiary/aromatic N) is 1. The molecule has 9 nitrogen and oxygen atoms in total. The van der Waals surface area contributed by atoms with Crippen molar-refractivity contribution >= 4 is 23.6 Å². The van der Waals surface area contributed by atoms with Gasteiger partial charge in [0.15, 0.2) is 5.78 Å². The molecule has 0 saturated heterocycles. The summed E-state index contributed by atoms with van der Waals surface area (Å²) in [6, 6.07) is -0.862. The predicted octanol–water partition coefficient (Wildman–Crippen LogP) is 3.83. The number of esters is 2. The van der Waals surface area contributed by atoms with Crippen LogP contribution in [0.5, 0.6) is 0 Å². The number of H-pyrrole nitrogens is 1. The van der Waals surface area contributed by atoms with Gasteiger partial charge >= 0.3 is 11.9 Å². The van der Waals surface area contributed by atoms with E-state index in [1.165, 1.54) is 19.0 Å². The summed E-state index contributed by atoms with van der Waals surface area (Å²) < 4.78 is 10.9. The zero-order chi connectivity index (χ0) is 27.8. The highest BCUT2D eigenvalue weighted by atomic mass is 16.5. The maximum absolute atomic E-state index is 12.9. The van der Waals surface area contributed by atoms with E-state index in [4.69, 9.17) is 9.47 Å². The van der Waals surface area contributed by atoms with Crippen molar-refractivity contribution in [1.82, 2.24) is 15.3 Å². The molecule has 0 unspecified atom stereocenters. The average Bonchev–Trinajstić information content (AvgIpc) is 3.54. The van der Waals surface area contributed by atoms with Crippen molar-refractivity contribution in [3.05, 3.63) is 29.9 Å². The van der Waals surface area contributed by atoms with Crippen LogP contribution in [-0.2, 0) is 35.1 Å². The first-order valence-corrected chi connectivity index (χ1v) is 14.4. The number of imidazole rings is 1. The van der Waals surface area contributed by atoms with Crippen molar-refractivity contribution in [3.63, 3.8) is 0 Å². The lowest BCUT2D eigenvalue weighted by molar-refractivity contribution is -0.160. The zero-order valence-electron chi connectivity index (χ0n) is 23.3. The lowest BCUT2D eigenvalue weighted by Gasteiger charge is -2.57. The molecule has 4 aliphatic rings. The Kier molecular flexibility index (Phi) is 7.71. The van der Waals surface area contributed by atoms with E-state index in [-0.39, 0.29) is 47.9 Å². The molecule has 39 heavy (non-hydrogen) atoms.